The summed E-state index contributed by atoms with van der Waals surface area (Å²) in [7, 11) is 0. The Bertz CT molecular complexity index is 206. The van der Waals surface area contributed by atoms with Crippen molar-refractivity contribution in [3.8, 4) is 0 Å². The molecule has 0 aliphatic rings. The van der Waals surface area contributed by atoms with Gasteiger partial charge in [0.2, 0.25) is 0 Å². The molecule has 0 unspecified atom stereocenters. The Morgan fingerprint density at radius 2 is 1.67 bits per heavy atom. The number of halogens is 1. The molecule has 0 amide bonds. The highest BCUT2D eigenvalue weighted by molar-refractivity contribution is 6.30. The first-order chi connectivity index (χ1) is 5.66. The van der Waals surface area contributed by atoms with Crippen molar-refractivity contribution in [2.75, 3.05) is 0 Å². The number of nitrogens with zero attached hydrogens (tertiary/aromatic N) is 1. The van der Waals surface area contributed by atoms with Crippen LogP contribution in [0.2, 0.25) is 5.02 Å². The largest absolute Gasteiger partial charge is 0.298 e. The van der Waals surface area contributed by atoms with Gasteiger partial charge < -0.3 is 0 Å². The summed E-state index contributed by atoms with van der Waals surface area (Å²) in [6.07, 6.45) is 0. The van der Waals surface area contributed by atoms with Crippen molar-refractivity contribution in [3.63, 3.8) is 0 Å². The van der Waals surface area contributed by atoms with Gasteiger partial charge in [0.1, 0.15) is 0 Å². The monoisotopic (exact) mass is 183 g/mol. The second-order valence-corrected chi connectivity index (χ2v) is 3.01. The van der Waals surface area contributed by atoms with Crippen molar-refractivity contribution in [2.24, 2.45) is 4.99 Å². The minimum atomic E-state index is 0.398. The predicted octanol–water partition coefficient (Wildman–Crippen LogP) is 3.44. The molecule has 66 valence electrons. The molecule has 2 heteroatoms. The maximum absolute atomic E-state index is 5.54. The molecule has 1 nitrogen and oxygen atoms in total. The van der Waals surface area contributed by atoms with Crippen LogP contribution in [-0.4, -0.2) is 12.8 Å². The summed E-state index contributed by atoms with van der Waals surface area (Å²) in [6, 6.07) is 9.84. The highest BCUT2D eigenvalue weighted by Gasteiger charge is 1.75. The van der Waals surface area contributed by atoms with E-state index in [0.717, 1.165) is 5.02 Å². The van der Waals surface area contributed by atoms with E-state index in [1.807, 2.05) is 44.2 Å². The van der Waals surface area contributed by atoms with Gasteiger partial charge in [-0.15, -0.1) is 0 Å². The molecule has 0 atom stereocenters. The van der Waals surface area contributed by atoms with Gasteiger partial charge in [0.05, 0.1) is 0 Å². The van der Waals surface area contributed by atoms with E-state index in [1.54, 1.807) is 0 Å². The zero-order chi connectivity index (χ0) is 9.40. The number of hydrogen-bond donors (Lipinski definition) is 0. The van der Waals surface area contributed by atoms with Gasteiger partial charge in [-0.3, -0.25) is 4.99 Å². The molecule has 0 radical (unpaired) electrons. The smallest absolute Gasteiger partial charge is 0.0436 e. The Kier molecular flexibility index (Phi) is 6.39. The average molecular weight is 184 g/mol. The normalized spacial score (nSPS) is 8.67. The minimum absolute atomic E-state index is 0.398. The van der Waals surface area contributed by atoms with Gasteiger partial charge in [-0.1, -0.05) is 29.8 Å². The number of benzene rings is 1. The van der Waals surface area contributed by atoms with E-state index in [-0.39, 0.29) is 0 Å². The third-order valence-corrected chi connectivity index (χ3v) is 1.35. The number of rotatable bonds is 1. The first-order valence-electron chi connectivity index (χ1n) is 3.83. The molecular weight excluding hydrogens is 170 g/mol. The van der Waals surface area contributed by atoms with E-state index in [1.165, 1.54) is 0 Å². The van der Waals surface area contributed by atoms with Crippen LogP contribution in [0.1, 0.15) is 13.8 Å². The van der Waals surface area contributed by atoms with Crippen molar-refractivity contribution >= 4 is 18.3 Å². The van der Waals surface area contributed by atoms with Crippen molar-refractivity contribution in [1.29, 1.82) is 0 Å². The molecule has 0 spiro atoms. The Morgan fingerprint density at radius 3 is 1.83 bits per heavy atom. The van der Waals surface area contributed by atoms with Crippen LogP contribution in [0.4, 0.5) is 0 Å². The molecule has 0 heterocycles. The Hall–Kier alpha value is -0.820. The van der Waals surface area contributed by atoms with Gasteiger partial charge in [-0.05, 0) is 32.7 Å². The first-order valence-corrected chi connectivity index (χ1v) is 4.21. The summed E-state index contributed by atoms with van der Waals surface area (Å²) in [4.78, 5) is 3.64. The average Bonchev–Trinajstić information content (AvgIpc) is 2.07. The second-order valence-electron chi connectivity index (χ2n) is 2.57. The molecule has 0 bridgehead atoms. The van der Waals surface area contributed by atoms with Gasteiger partial charge in [-0.25, -0.2) is 0 Å². The van der Waals surface area contributed by atoms with E-state index in [4.69, 9.17) is 11.6 Å². The van der Waals surface area contributed by atoms with Gasteiger partial charge in [0, 0.05) is 11.1 Å². The quantitative estimate of drug-likeness (QED) is 0.592. The molecule has 1 rings (SSSR count). The standard InChI is InChI=1S/C6H5Cl.C4H9N/c7-6-4-2-1-3-5-6;1-4(2)5-3/h1-5H;4H,3H2,1-2H3. The highest BCUT2D eigenvalue weighted by Crippen LogP contribution is 2.03. The fourth-order valence-corrected chi connectivity index (χ4v) is 0.560. The Labute approximate surface area is 79.1 Å². The SMILES string of the molecule is C=NC(C)C.Clc1ccccc1. The maximum atomic E-state index is 5.54. The summed E-state index contributed by atoms with van der Waals surface area (Å²) in [5.41, 5.74) is 0. The summed E-state index contributed by atoms with van der Waals surface area (Å²) in [6.45, 7) is 7.30. The van der Waals surface area contributed by atoms with Crippen LogP contribution < -0.4 is 0 Å². The van der Waals surface area contributed by atoms with Gasteiger partial charge in [0.15, 0.2) is 0 Å². The van der Waals surface area contributed by atoms with Crippen LogP contribution >= 0.6 is 11.6 Å². The molecule has 0 saturated heterocycles. The summed E-state index contributed by atoms with van der Waals surface area (Å²) in [5, 5.41) is 0.794. The topological polar surface area (TPSA) is 12.4 Å². The zero-order valence-corrected chi connectivity index (χ0v) is 8.25. The van der Waals surface area contributed by atoms with E-state index in [2.05, 4.69) is 11.7 Å². The molecule has 0 fully saturated rings. The molecule has 1 aromatic rings. The Balaban J connectivity index is 0.000000217. The molecule has 0 aromatic heterocycles. The van der Waals surface area contributed by atoms with E-state index in [0.29, 0.717) is 6.04 Å². The Morgan fingerprint density at radius 1 is 1.25 bits per heavy atom. The van der Waals surface area contributed by atoms with Gasteiger partial charge >= 0.3 is 0 Å². The molecular formula is C10H14ClN. The first kappa shape index (κ1) is 11.2. The van der Waals surface area contributed by atoms with Crippen molar-refractivity contribution in [2.45, 2.75) is 19.9 Å². The zero-order valence-electron chi connectivity index (χ0n) is 7.50. The van der Waals surface area contributed by atoms with Crippen LogP contribution in [0.25, 0.3) is 0 Å². The van der Waals surface area contributed by atoms with Crippen molar-refractivity contribution in [3.05, 3.63) is 35.4 Å². The van der Waals surface area contributed by atoms with Crippen molar-refractivity contribution in [1.82, 2.24) is 0 Å². The lowest BCUT2D eigenvalue weighted by atomic mass is 10.4. The molecule has 0 N–H and O–H groups in total. The van der Waals surface area contributed by atoms with Crippen LogP contribution in [0, 0.1) is 0 Å². The van der Waals surface area contributed by atoms with Crippen LogP contribution in [-0.2, 0) is 0 Å². The maximum Gasteiger partial charge on any atom is 0.0436 e. The lowest BCUT2D eigenvalue weighted by Crippen LogP contribution is -1.82. The van der Waals surface area contributed by atoms with E-state index in [9.17, 15) is 0 Å². The molecule has 0 aliphatic heterocycles. The molecule has 0 saturated carbocycles. The van der Waals surface area contributed by atoms with E-state index < -0.39 is 0 Å². The van der Waals surface area contributed by atoms with Crippen LogP contribution in [0.5, 0.6) is 0 Å². The molecule has 0 aliphatic carbocycles. The number of hydrogen-bond acceptors (Lipinski definition) is 1. The molecule has 1 aromatic carbocycles. The summed E-state index contributed by atoms with van der Waals surface area (Å²) in [5.74, 6) is 0. The van der Waals surface area contributed by atoms with Gasteiger partial charge in [-0.2, -0.15) is 0 Å². The van der Waals surface area contributed by atoms with E-state index >= 15 is 0 Å². The predicted molar refractivity (Wildman–Crippen MR) is 56.1 cm³/mol. The van der Waals surface area contributed by atoms with Crippen LogP contribution in [0.15, 0.2) is 35.3 Å². The summed E-state index contributed by atoms with van der Waals surface area (Å²) >= 11 is 5.54. The molecule has 12 heavy (non-hydrogen) atoms. The number of aliphatic imine (C=N–C) groups is 1. The highest BCUT2D eigenvalue weighted by atomic mass is 35.5. The van der Waals surface area contributed by atoms with Crippen molar-refractivity contribution < 1.29 is 0 Å². The summed E-state index contributed by atoms with van der Waals surface area (Å²) < 4.78 is 0. The lowest BCUT2D eigenvalue weighted by Gasteiger charge is -1.85. The second kappa shape index (κ2) is 6.86. The van der Waals surface area contributed by atoms with Gasteiger partial charge in [0.25, 0.3) is 0 Å². The third kappa shape index (κ3) is 7.29. The fourth-order valence-electron chi connectivity index (χ4n) is 0.415. The lowest BCUT2D eigenvalue weighted by molar-refractivity contribution is 0.844. The minimum Gasteiger partial charge on any atom is -0.298 e. The van der Waals surface area contributed by atoms with Crippen LogP contribution in [0.3, 0.4) is 0 Å². The fraction of sp³-hybridized carbons (Fsp3) is 0.300. The third-order valence-electron chi connectivity index (χ3n) is 1.10.